The van der Waals surface area contributed by atoms with E-state index in [0.29, 0.717) is 37.6 Å². The van der Waals surface area contributed by atoms with Crippen LogP contribution < -0.4 is 11.1 Å². The molecule has 2 rings (SSSR count). The molecule has 1 heterocycles. The molecule has 0 aliphatic carbocycles. The number of esters is 1. The molecule has 1 saturated heterocycles. The molecular weight excluding hydrogens is 274 g/mol. The summed E-state index contributed by atoms with van der Waals surface area (Å²) in [6.45, 7) is 4.07. The summed E-state index contributed by atoms with van der Waals surface area (Å²) >= 11 is 0. The Morgan fingerprint density at radius 1 is 1.29 bits per heavy atom. The zero-order chi connectivity index (χ0) is 15.1. The van der Waals surface area contributed by atoms with Crippen LogP contribution in [0.15, 0.2) is 24.3 Å². The van der Waals surface area contributed by atoms with Crippen LogP contribution >= 0.6 is 0 Å². The molecule has 7 nitrogen and oxygen atoms in total. The van der Waals surface area contributed by atoms with E-state index in [1.807, 2.05) is 0 Å². The molecule has 1 aliphatic heterocycles. The highest BCUT2D eigenvalue weighted by Crippen LogP contribution is 2.15. The predicted molar refractivity (Wildman–Crippen MR) is 77.2 cm³/mol. The van der Waals surface area contributed by atoms with E-state index in [4.69, 9.17) is 15.2 Å². The standard InChI is InChI=1S/C14H19N3O4/c15-14(19)16-12-4-2-1-3-11(12)13(18)21-10-7-17-5-8-20-9-6-17/h1-4H,5-10H2,(H3,15,16,19). The van der Waals surface area contributed by atoms with Gasteiger partial charge in [-0.15, -0.1) is 0 Å². The lowest BCUT2D eigenvalue weighted by Crippen LogP contribution is -2.38. The number of nitrogens with one attached hydrogen (secondary N) is 1. The molecule has 0 atom stereocenters. The van der Waals surface area contributed by atoms with Crippen molar-refractivity contribution >= 4 is 17.7 Å². The molecular formula is C14H19N3O4. The van der Waals surface area contributed by atoms with Crippen LogP contribution in [0.1, 0.15) is 10.4 Å². The minimum absolute atomic E-state index is 0.290. The van der Waals surface area contributed by atoms with E-state index in [0.717, 1.165) is 13.1 Å². The summed E-state index contributed by atoms with van der Waals surface area (Å²) in [6.07, 6.45) is 0. The molecule has 0 radical (unpaired) electrons. The number of benzene rings is 1. The van der Waals surface area contributed by atoms with Gasteiger partial charge in [0.05, 0.1) is 24.5 Å². The van der Waals surface area contributed by atoms with E-state index >= 15 is 0 Å². The Kier molecular flexibility index (Phi) is 5.53. The molecule has 1 aromatic rings. The third-order valence-corrected chi connectivity index (χ3v) is 3.15. The molecule has 1 aromatic carbocycles. The molecule has 0 unspecified atom stereocenters. The largest absolute Gasteiger partial charge is 0.461 e. The van der Waals surface area contributed by atoms with E-state index in [1.54, 1.807) is 24.3 Å². The zero-order valence-electron chi connectivity index (χ0n) is 11.7. The van der Waals surface area contributed by atoms with Gasteiger partial charge in [0.15, 0.2) is 0 Å². The Bertz CT molecular complexity index is 501. The number of urea groups is 1. The molecule has 0 saturated carbocycles. The summed E-state index contributed by atoms with van der Waals surface area (Å²) in [5, 5.41) is 2.41. The van der Waals surface area contributed by atoms with Crippen LogP contribution in [-0.4, -0.2) is 56.4 Å². The Hall–Kier alpha value is -2.12. The third kappa shape index (κ3) is 4.73. The number of carbonyl (C=O) groups is 2. The summed E-state index contributed by atoms with van der Waals surface area (Å²) in [6, 6.07) is 5.87. The van der Waals surface area contributed by atoms with Crippen molar-refractivity contribution in [1.82, 2.24) is 4.90 Å². The van der Waals surface area contributed by atoms with Gasteiger partial charge in [-0.05, 0) is 12.1 Å². The predicted octanol–water partition coefficient (Wildman–Crippen LogP) is 0.666. The number of rotatable bonds is 5. The van der Waals surface area contributed by atoms with Crippen molar-refractivity contribution in [2.45, 2.75) is 0 Å². The summed E-state index contributed by atoms with van der Waals surface area (Å²) in [7, 11) is 0. The summed E-state index contributed by atoms with van der Waals surface area (Å²) in [5.74, 6) is -0.479. The first-order valence-electron chi connectivity index (χ1n) is 6.79. The number of nitrogens with zero attached hydrogens (tertiary/aromatic N) is 1. The normalized spacial score (nSPS) is 15.4. The molecule has 0 bridgehead atoms. The van der Waals surface area contributed by atoms with Crippen molar-refractivity contribution in [2.75, 3.05) is 44.8 Å². The monoisotopic (exact) mass is 293 g/mol. The van der Waals surface area contributed by atoms with Crippen molar-refractivity contribution in [3.8, 4) is 0 Å². The first kappa shape index (κ1) is 15.3. The van der Waals surface area contributed by atoms with Crippen LogP contribution in [0.25, 0.3) is 0 Å². The molecule has 21 heavy (non-hydrogen) atoms. The maximum Gasteiger partial charge on any atom is 0.340 e. The first-order valence-corrected chi connectivity index (χ1v) is 6.79. The highest BCUT2D eigenvalue weighted by molar-refractivity contribution is 6.00. The molecule has 114 valence electrons. The molecule has 2 amide bonds. The van der Waals surface area contributed by atoms with Gasteiger partial charge in [0.25, 0.3) is 0 Å². The minimum Gasteiger partial charge on any atom is -0.461 e. The van der Waals surface area contributed by atoms with Gasteiger partial charge < -0.3 is 20.5 Å². The second kappa shape index (κ2) is 7.61. The summed E-state index contributed by atoms with van der Waals surface area (Å²) in [5.41, 5.74) is 5.71. The van der Waals surface area contributed by atoms with E-state index < -0.39 is 12.0 Å². The fourth-order valence-electron chi connectivity index (χ4n) is 2.07. The molecule has 0 spiro atoms. The highest BCUT2D eigenvalue weighted by Gasteiger charge is 2.15. The topological polar surface area (TPSA) is 93.9 Å². The number of nitrogens with two attached hydrogens (primary N) is 1. The zero-order valence-corrected chi connectivity index (χ0v) is 11.7. The van der Waals surface area contributed by atoms with E-state index in [1.165, 1.54) is 0 Å². The second-order valence-electron chi connectivity index (χ2n) is 4.62. The van der Waals surface area contributed by atoms with Crippen molar-refractivity contribution in [3.63, 3.8) is 0 Å². The Morgan fingerprint density at radius 3 is 2.71 bits per heavy atom. The number of primary amides is 1. The molecule has 3 N–H and O–H groups in total. The molecule has 0 aromatic heterocycles. The number of para-hydroxylation sites is 1. The van der Waals surface area contributed by atoms with Gasteiger partial charge in [-0.2, -0.15) is 0 Å². The number of carbonyl (C=O) groups excluding carboxylic acids is 2. The lowest BCUT2D eigenvalue weighted by Gasteiger charge is -2.26. The van der Waals surface area contributed by atoms with Gasteiger partial charge in [-0.1, -0.05) is 12.1 Å². The fraction of sp³-hybridized carbons (Fsp3) is 0.429. The molecule has 1 fully saturated rings. The van der Waals surface area contributed by atoms with Gasteiger partial charge >= 0.3 is 12.0 Å². The Balaban J connectivity index is 1.86. The quantitative estimate of drug-likeness (QED) is 0.778. The first-order chi connectivity index (χ1) is 10.2. The van der Waals surface area contributed by atoms with Crippen molar-refractivity contribution in [1.29, 1.82) is 0 Å². The fourth-order valence-corrected chi connectivity index (χ4v) is 2.07. The van der Waals surface area contributed by atoms with Crippen molar-refractivity contribution < 1.29 is 19.1 Å². The van der Waals surface area contributed by atoms with Gasteiger partial charge in [0.2, 0.25) is 0 Å². The lowest BCUT2D eigenvalue weighted by atomic mass is 10.2. The van der Waals surface area contributed by atoms with Gasteiger partial charge in [-0.3, -0.25) is 4.90 Å². The number of hydrogen-bond donors (Lipinski definition) is 2. The Labute approximate surface area is 123 Å². The van der Waals surface area contributed by atoms with Crippen LogP contribution in [0.3, 0.4) is 0 Å². The number of amides is 2. The summed E-state index contributed by atoms with van der Waals surface area (Å²) < 4.78 is 10.5. The SMILES string of the molecule is NC(=O)Nc1ccccc1C(=O)OCCN1CCOCC1. The maximum atomic E-state index is 12.0. The van der Waals surface area contributed by atoms with Crippen LogP contribution in [0.2, 0.25) is 0 Å². The lowest BCUT2D eigenvalue weighted by molar-refractivity contribution is 0.0196. The second-order valence-corrected chi connectivity index (χ2v) is 4.62. The number of ether oxygens (including phenoxy) is 2. The minimum atomic E-state index is -0.719. The molecule has 7 heteroatoms. The van der Waals surface area contributed by atoms with Gasteiger partial charge in [-0.25, -0.2) is 9.59 Å². The van der Waals surface area contributed by atoms with Crippen molar-refractivity contribution in [3.05, 3.63) is 29.8 Å². The van der Waals surface area contributed by atoms with E-state index in [2.05, 4.69) is 10.2 Å². The number of anilines is 1. The van der Waals surface area contributed by atoms with Crippen LogP contribution in [-0.2, 0) is 9.47 Å². The van der Waals surface area contributed by atoms with Crippen LogP contribution in [0.4, 0.5) is 10.5 Å². The maximum absolute atomic E-state index is 12.0. The number of hydrogen-bond acceptors (Lipinski definition) is 5. The van der Waals surface area contributed by atoms with E-state index in [9.17, 15) is 9.59 Å². The summed E-state index contributed by atoms with van der Waals surface area (Å²) in [4.78, 5) is 25.1. The Morgan fingerprint density at radius 2 is 2.00 bits per heavy atom. The van der Waals surface area contributed by atoms with E-state index in [-0.39, 0.29) is 0 Å². The molecule has 1 aliphatic rings. The van der Waals surface area contributed by atoms with Gasteiger partial charge in [0.1, 0.15) is 6.61 Å². The highest BCUT2D eigenvalue weighted by atomic mass is 16.5. The van der Waals surface area contributed by atoms with Gasteiger partial charge in [0, 0.05) is 19.6 Å². The van der Waals surface area contributed by atoms with Crippen LogP contribution in [0, 0.1) is 0 Å². The van der Waals surface area contributed by atoms with Crippen molar-refractivity contribution in [2.24, 2.45) is 5.73 Å². The average Bonchev–Trinajstić information content (AvgIpc) is 2.48. The average molecular weight is 293 g/mol. The third-order valence-electron chi connectivity index (χ3n) is 3.15. The van der Waals surface area contributed by atoms with Crippen LogP contribution in [0.5, 0.6) is 0 Å². The number of morpholine rings is 1. The smallest absolute Gasteiger partial charge is 0.340 e.